The number of ether oxygens (including phenoxy) is 1. The molecule has 0 aliphatic carbocycles. The predicted octanol–water partition coefficient (Wildman–Crippen LogP) is 0.670. The van der Waals surface area contributed by atoms with Crippen molar-refractivity contribution in [3.05, 3.63) is 17.0 Å². The molecule has 1 aromatic rings. The maximum atomic E-state index is 12.4. The minimum Gasteiger partial charge on any atom is -0.479 e. The number of nitrogens with zero attached hydrogens (tertiary/aromatic N) is 3. The van der Waals surface area contributed by atoms with Crippen LogP contribution in [0.1, 0.15) is 30.3 Å². The first kappa shape index (κ1) is 16.5. The summed E-state index contributed by atoms with van der Waals surface area (Å²) in [7, 11) is 1.88. The van der Waals surface area contributed by atoms with Gasteiger partial charge in [0.15, 0.2) is 6.10 Å². The number of morpholine rings is 1. The molecule has 2 heterocycles. The molecule has 1 saturated heterocycles. The second kappa shape index (κ2) is 6.48. The zero-order valence-corrected chi connectivity index (χ0v) is 13.5. The molecule has 1 unspecified atom stereocenters. The van der Waals surface area contributed by atoms with E-state index >= 15 is 0 Å². The molecule has 1 N–H and O–H groups in total. The molecule has 2 atom stereocenters. The lowest BCUT2D eigenvalue weighted by molar-refractivity contribution is -0.166. The van der Waals surface area contributed by atoms with Crippen LogP contribution in [0.3, 0.4) is 0 Å². The Morgan fingerprint density at radius 2 is 2.05 bits per heavy atom. The molecule has 7 heteroatoms. The van der Waals surface area contributed by atoms with E-state index in [1.54, 1.807) is 11.8 Å². The van der Waals surface area contributed by atoms with Crippen molar-refractivity contribution in [1.29, 1.82) is 0 Å². The summed E-state index contributed by atoms with van der Waals surface area (Å²) in [6, 6.07) is 0. The second-order valence-electron chi connectivity index (χ2n) is 5.85. The molecule has 1 fully saturated rings. The van der Waals surface area contributed by atoms with Gasteiger partial charge in [-0.3, -0.25) is 9.48 Å². The molecule has 122 valence electrons. The van der Waals surface area contributed by atoms with Crippen molar-refractivity contribution in [3.63, 3.8) is 0 Å². The summed E-state index contributed by atoms with van der Waals surface area (Å²) in [5.41, 5.74) is 3.09. The zero-order valence-electron chi connectivity index (χ0n) is 13.5. The maximum absolute atomic E-state index is 12.4. The van der Waals surface area contributed by atoms with Gasteiger partial charge in [0.05, 0.1) is 18.3 Å². The molecule has 0 bridgehead atoms. The van der Waals surface area contributed by atoms with Crippen molar-refractivity contribution in [2.75, 3.05) is 13.1 Å². The van der Waals surface area contributed by atoms with Gasteiger partial charge in [0.2, 0.25) is 5.91 Å². The summed E-state index contributed by atoms with van der Waals surface area (Å²) < 4.78 is 7.14. The van der Waals surface area contributed by atoms with Crippen LogP contribution in [0.15, 0.2) is 0 Å². The van der Waals surface area contributed by atoms with Gasteiger partial charge in [-0.05, 0) is 32.8 Å². The van der Waals surface area contributed by atoms with Crippen LogP contribution in [0, 0.1) is 13.8 Å². The van der Waals surface area contributed by atoms with E-state index < -0.39 is 12.1 Å². The average molecular weight is 309 g/mol. The number of hydrogen-bond acceptors (Lipinski definition) is 4. The van der Waals surface area contributed by atoms with E-state index in [1.807, 2.05) is 25.6 Å². The molecule has 2 rings (SSSR count). The molecule has 1 aliphatic heterocycles. The Morgan fingerprint density at radius 1 is 1.36 bits per heavy atom. The first-order valence-corrected chi connectivity index (χ1v) is 7.44. The minimum atomic E-state index is -1.02. The highest BCUT2D eigenvalue weighted by molar-refractivity contribution is 5.79. The third kappa shape index (κ3) is 3.47. The van der Waals surface area contributed by atoms with E-state index in [0.717, 1.165) is 17.0 Å². The largest absolute Gasteiger partial charge is 0.479 e. The fraction of sp³-hybridized carbons (Fsp3) is 0.667. The molecule has 1 aliphatic rings. The fourth-order valence-corrected chi connectivity index (χ4v) is 2.86. The Hall–Kier alpha value is -1.89. The molecule has 0 spiro atoms. The highest BCUT2D eigenvalue weighted by Gasteiger charge is 2.32. The Balaban J connectivity index is 1.98. The lowest BCUT2D eigenvalue weighted by atomic mass is 10.1. The van der Waals surface area contributed by atoms with Crippen molar-refractivity contribution < 1.29 is 19.4 Å². The Bertz CT molecular complexity index is 582. The van der Waals surface area contributed by atoms with Gasteiger partial charge in [0.25, 0.3) is 0 Å². The van der Waals surface area contributed by atoms with Crippen LogP contribution in [0.2, 0.25) is 0 Å². The normalized spacial score (nSPS) is 21.9. The van der Waals surface area contributed by atoms with Crippen molar-refractivity contribution in [1.82, 2.24) is 14.7 Å². The molecule has 22 heavy (non-hydrogen) atoms. The van der Waals surface area contributed by atoms with Crippen LogP contribution >= 0.6 is 0 Å². The summed E-state index contributed by atoms with van der Waals surface area (Å²) in [5, 5.41) is 13.4. The summed E-state index contributed by atoms with van der Waals surface area (Å²) in [5.74, 6) is -1.06. The van der Waals surface area contributed by atoms with Gasteiger partial charge in [0, 0.05) is 25.7 Å². The topological polar surface area (TPSA) is 84.7 Å². The van der Waals surface area contributed by atoms with Crippen LogP contribution in [-0.4, -0.2) is 57.0 Å². The third-order valence-corrected chi connectivity index (χ3v) is 4.14. The number of amides is 1. The number of aryl methyl sites for hydroxylation is 2. The Morgan fingerprint density at radius 3 is 2.59 bits per heavy atom. The maximum Gasteiger partial charge on any atom is 0.334 e. The third-order valence-electron chi connectivity index (χ3n) is 4.14. The Labute approximate surface area is 129 Å². The van der Waals surface area contributed by atoms with E-state index in [4.69, 9.17) is 9.84 Å². The fourth-order valence-electron chi connectivity index (χ4n) is 2.86. The van der Waals surface area contributed by atoms with Crippen LogP contribution in [-0.2, 0) is 27.8 Å². The summed E-state index contributed by atoms with van der Waals surface area (Å²) in [4.78, 5) is 25.0. The quantitative estimate of drug-likeness (QED) is 0.883. The van der Waals surface area contributed by atoms with E-state index in [2.05, 4.69) is 5.10 Å². The summed E-state index contributed by atoms with van der Waals surface area (Å²) in [6.45, 7) is 6.25. The van der Waals surface area contributed by atoms with Gasteiger partial charge >= 0.3 is 5.97 Å². The molecule has 0 aromatic carbocycles. The summed E-state index contributed by atoms with van der Waals surface area (Å²) in [6.07, 6.45) is -0.226. The molecule has 1 aromatic heterocycles. The highest BCUT2D eigenvalue weighted by atomic mass is 16.5. The van der Waals surface area contributed by atoms with Gasteiger partial charge < -0.3 is 14.7 Å². The number of carbonyl (C=O) groups is 2. The van der Waals surface area contributed by atoms with Gasteiger partial charge in [-0.15, -0.1) is 0 Å². The number of aromatic nitrogens is 2. The van der Waals surface area contributed by atoms with Crippen LogP contribution < -0.4 is 0 Å². The van der Waals surface area contributed by atoms with Crippen molar-refractivity contribution in [3.8, 4) is 0 Å². The first-order valence-electron chi connectivity index (χ1n) is 7.44. The predicted molar refractivity (Wildman–Crippen MR) is 79.6 cm³/mol. The molecular weight excluding hydrogens is 286 g/mol. The molecule has 7 nitrogen and oxygen atoms in total. The monoisotopic (exact) mass is 309 g/mol. The SMILES string of the molecule is Cc1nn(C)c(C)c1CCC(=O)N1CC(C(=O)O)O[C@H](C)C1. The lowest BCUT2D eigenvalue weighted by Gasteiger charge is -2.35. The van der Waals surface area contributed by atoms with Crippen molar-refractivity contribution in [2.45, 2.75) is 45.8 Å². The van der Waals surface area contributed by atoms with E-state index in [1.165, 1.54) is 0 Å². The number of hydrogen-bond donors (Lipinski definition) is 1. The molecule has 1 amide bonds. The van der Waals surface area contributed by atoms with E-state index in [9.17, 15) is 9.59 Å². The lowest BCUT2D eigenvalue weighted by Crippen LogP contribution is -2.51. The van der Waals surface area contributed by atoms with Crippen molar-refractivity contribution >= 4 is 11.9 Å². The zero-order chi connectivity index (χ0) is 16.4. The molecular formula is C15H23N3O4. The van der Waals surface area contributed by atoms with Gasteiger partial charge in [0.1, 0.15) is 0 Å². The number of carboxylic acids is 1. The average Bonchev–Trinajstić information content (AvgIpc) is 2.69. The van der Waals surface area contributed by atoms with Crippen LogP contribution in [0.25, 0.3) is 0 Å². The first-order chi connectivity index (χ1) is 10.3. The Kier molecular flexibility index (Phi) is 4.85. The van der Waals surface area contributed by atoms with Gasteiger partial charge in [-0.25, -0.2) is 4.79 Å². The number of rotatable bonds is 4. The van der Waals surface area contributed by atoms with Crippen molar-refractivity contribution in [2.24, 2.45) is 7.05 Å². The smallest absolute Gasteiger partial charge is 0.334 e. The summed E-state index contributed by atoms with van der Waals surface area (Å²) >= 11 is 0. The van der Waals surface area contributed by atoms with Gasteiger partial charge in [-0.1, -0.05) is 0 Å². The van der Waals surface area contributed by atoms with E-state index in [-0.39, 0.29) is 18.6 Å². The number of carbonyl (C=O) groups excluding carboxylic acids is 1. The number of aliphatic carboxylic acids is 1. The van der Waals surface area contributed by atoms with E-state index in [0.29, 0.717) is 19.4 Å². The van der Waals surface area contributed by atoms with Crippen LogP contribution in [0.5, 0.6) is 0 Å². The minimum absolute atomic E-state index is 0.0379. The molecule has 0 radical (unpaired) electrons. The number of carboxylic acid groups (broad SMARTS) is 1. The highest BCUT2D eigenvalue weighted by Crippen LogP contribution is 2.17. The van der Waals surface area contributed by atoms with Crippen LogP contribution in [0.4, 0.5) is 0 Å². The standard InChI is InChI=1S/C15H23N3O4/c1-9-7-18(8-13(22-9)15(20)21)14(19)6-5-12-10(2)16-17(4)11(12)3/h9,13H,5-8H2,1-4H3,(H,20,21)/t9-,13?/m1/s1. The molecule has 0 saturated carbocycles. The second-order valence-corrected chi connectivity index (χ2v) is 5.85. The van der Waals surface area contributed by atoms with Gasteiger partial charge in [-0.2, -0.15) is 5.10 Å².